The molecule has 1 N–H and O–H groups in total. The molecule has 6 nitrogen and oxygen atoms in total. The van der Waals surface area contributed by atoms with E-state index in [-0.39, 0.29) is 5.91 Å². The van der Waals surface area contributed by atoms with Crippen molar-refractivity contribution < 1.29 is 13.9 Å². The van der Waals surface area contributed by atoms with Crippen LogP contribution in [-0.4, -0.2) is 23.2 Å². The normalized spacial score (nSPS) is 12.4. The Balaban J connectivity index is 1.65. The molecule has 3 aromatic rings. The van der Waals surface area contributed by atoms with Crippen LogP contribution in [0.15, 0.2) is 64.4 Å². The van der Waals surface area contributed by atoms with Crippen LogP contribution in [0.4, 0.5) is 0 Å². The van der Waals surface area contributed by atoms with E-state index < -0.39 is 6.10 Å². The molecule has 0 radical (unpaired) electrons. The van der Waals surface area contributed by atoms with E-state index in [2.05, 4.69) is 15.5 Å². The van der Waals surface area contributed by atoms with Gasteiger partial charge < -0.3 is 9.15 Å². The lowest BCUT2D eigenvalue weighted by molar-refractivity contribution is -0.127. The number of hydrogen-bond acceptors (Lipinski definition) is 5. The number of pyridine rings is 1. The zero-order chi connectivity index (χ0) is 16.1. The van der Waals surface area contributed by atoms with Crippen molar-refractivity contribution in [3.05, 3.63) is 60.7 Å². The molecular weight excluding hydrogens is 294 g/mol. The standard InChI is InChI=1S/C17H15N3O3/c1-12(17(21)20-19-11-14-7-4-10-22-14)23-15-8-2-5-13-6-3-9-18-16(13)15/h2-12H,1H3,(H,20,21)/b19-11-/t12-/m1/s1. The number of nitrogens with zero attached hydrogens (tertiary/aromatic N) is 2. The molecule has 0 bridgehead atoms. The summed E-state index contributed by atoms with van der Waals surface area (Å²) in [5, 5.41) is 4.78. The maximum atomic E-state index is 12.0. The van der Waals surface area contributed by atoms with E-state index in [9.17, 15) is 4.79 Å². The molecule has 0 aliphatic heterocycles. The SMILES string of the molecule is C[C@@H](Oc1cccc2cccnc12)C(=O)N/N=C\c1ccco1. The van der Waals surface area contributed by atoms with E-state index in [1.54, 1.807) is 31.3 Å². The first-order valence-corrected chi connectivity index (χ1v) is 7.11. The first-order chi connectivity index (χ1) is 11.2. The van der Waals surface area contributed by atoms with E-state index in [4.69, 9.17) is 9.15 Å². The van der Waals surface area contributed by atoms with Crippen molar-refractivity contribution in [2.45, 2.75) is 13.0 Å². The minimum atomic E-state index is -0.712. The summed E-state index contributed by atoms with van der Waals surface area (Å²) in [6, 6.07) is 12.8. The van der Waals surface area contributed by atoms with Gasteiger partial charge in [-0.15, -0.1) is 0 Å². The number of nitrogens with one attached hydrogen (secondary N) is 1. The maximum absolute atomic E-state index is 12.0. The minimum Gasteiger partial charge on any atom is -0.479 e. The molecule has 23 heavy (non-hydrogen) atoms. The molecule has 2 aromatic heterocycles. The number of benzene rings is 1. The van der Waals surface area contributed by atoms with Gasteiger partial charge in [0.05, 0.1) is 12.5 Å². The van der Waals surface area contributed by atoms with Gasteiger partial charge in [0.15, 0.2) is 6.10 Å². The Morgan fingerprint density at radius 2 is 2.17 bits per heavy atom. The van der Waals surface area contributed by atoms with E-state index in [0.717, 1.165) is 5.39 Å². The van der Waals surface area contributed by atoms with Crippen LogP contribution in [0.25, 0.3) is 10.9 Å². The van der Waals surface area contributed by atoms with E-state index in [0.29, 0.717) is 17.0 Å². The summed E-state index contributed by atoms with van der Waals surface area (Å²) in [5.41, 5.74) is 3.13. The van der Waals surface area contributed by atoms with Gasteiger partial charge in [0.25, 0.3) is 5.91 Å². The molecule has 0 fully saturated rings. The van der Waals surface area contributed by atoms with Crippen molar-refractivity contribution in [3.8, 4) is 5.75 Å². The number of furan rings is 1. The van der Waals surface area contributed by atoms with Crippen molar-refractivity contribution in [1.82, 2.24) is 10.4 Å². The van der Waals surface area contributed by atoms with Crippen LogP contribution in [0.2, 0.25) is 0 Å². The average molecular weight is 309 g/mol. The molecule has 3 rings (SSSR count). The molecule has 0 saturated heterocycles. The number of carbonyl (C=O) groups is 1. The number of carbonyl (C=O) groups excluding carboxylic acids is 1. The monoisotopic (exact) mass is 309 g/mol. The Morgan fingerprint density at radius 3 is 3.00 bits per heavy atom. The number of ether oxygens (including phenoxy) is 1. The van der Waals surface area contributed by atoms with Gasteiger partial charge in [-0.2, -0.15) is 5.10 Å². The predicted octanol–water partition coefficient (Wildman–Crippen LogP) is 2.75. The molecule has 2 heterocycles. The van der Waals surface area contributed by atoms with Gasteiger partial charge in [0.1, 0.15) is 17.0 Å². The molecular formula is C17H15N3O3. The van der Waals surface area contributed by atoms with E-state index in [1.807, 2.05) is 24.3 Å². The Morgan fingerprint density at radius 1 is 1.30 bits per heavy atom. The lowest BCUT2D eigenvalue weighted by atomic mass is 10.2. The third kappa shape index (κ3) is 3.55. The van der Waals surface area contributed by atoms with Crippen molar-refractivity contribution in [1.29, 1.82) is 0 Å². The van der Waals surface area contributed by atoms with Gasteiger partial charge in [-0.05, 0) is 31.2 Å². The number of aromatic nitrogens is 1. The highest BCUT2D eigenvalue weighted by Crippen LogP contribution is 2.23. The molecule has 1 aromatic carbocycles. The zero-order valence-corrected chi connectivity index (χ0v) is 12.5. The number of amides is 1. The summed E-state index contributed by atoms with van der Waals surface area (Å²) in [6.07, 6.45) is 3.93. The minimum absolute atomic E-state index is 0.360. The molecule has 0 aliphatic rings. The molecule has 116 valence electrons. The van der Waals surface area contributed by atoms with Crippen LogP contribution in [0.3, 0.4) is 0 Å². The van der Waals surface area contributed by atoms with Crippen LogP contribution < -0.4 is 10.2 Å². The second kappa shape index (κ2) is 6.74. The Kier molecular flexibility index (Phi) is 4.33. The lowest BCUT2D eigenvalue weighted by Crippen LogP contribution is -2.33. The fourth-order valence-corrected chi connectivity index (χ4v) is 2.03. The molecule has 0 aliphatic carbocycles. The highest BCUT2D eigenvalue weighted by molar-refractivity contribution is 5.86. The van der Waals surface area contributed by atoms with Crippen LogP contribution in [0.1, 0.15) is 12.7 Å². The fourth-order valence-electron chi connectivity index (χ4n) is 2.03. The molecule has 0 spiro atoms. The average Bonchev–Trinajstić information content (AvgIpc) is 3.08. The van der Waals surface area contributed by atoms with Crippen LogP contribution in [0, 0.1) is 0 Å². The summed E-state index contributed by atoms with van der Waals surface area (Å²) < 4.78 is 10.8. The summed E-state index contributed by atoms with van der Waals surface area (Å²) in [6.45, 7) is 1.65. The van der Waals surface area contributed by atoms with Gasteiger partial charge in [-0.25, -0.2) is 5.43 Å². The van der Waals surface area contributed by atoms with Gasteiger partial charge in [-0.1, -0.05) is 18.2 Å². The van der Waals surface area contributed by atoms with Gasteiger partial charge in [-0.3, -0.25) is 9.78 Å². The Labute approximate surface area is 132 Å². The second-order valence-electron chi connectivity index (χ2n) is 4.84. The van der Waals surface area contributed by atoms with Crippen LogP contribution in [0.5, 0.6) is 5.75 Å². The highest BCUT2D eigenvalue weighted by Gasteiger charge is 2.15. The van der Waals surface area contributed by atoms with Gasteiger partial charge in [0.2, 0.25) is 0 Å². The number of hydrogen-bond donors (Lipinski definition) is 1. The first-order valence-electron chi connectivity index (χ1n) is 7.11. The largest absolute Gasteiger partial charge is 0.479 e. The highest BCUT2D eigenvalue weighted by atomic mass is 16.5. The van der Waals surface area contributed by atoms with Crippen molar-refractivity contribution in [2.75, 3.05) is 0 Å². The summed E-state index contributed by atoms with van der Waals surface area (Å²) in [7, 11) is 0. The van der Waals surface area contributed by atoms with Crippen LogP contribution in [-0.2, 0) is 4.79 Å². The van der Waals surface area contributed by atoms with Gasteiger partial charge in [0, 0.05) is 11.6 Å². The first kappa shape index (κ1) is 14.8. The second-order valence-corrected chi connectivity index (χ2v) is 4.84. The van der Waals surface area contributed by atoms with E-state index >= 15 is 0 Å². The predicted molar refractivity (Wildman–Crippen MR) is 86.3 cm³/mol. The molecule has 0 saturated carbocycles. The number of hydrazone groups is 1. The third-order valence-corrected chi connectivity index (χ3v) is 3.18. The third-order valence-electron chi connectivity index (χ3n) is 3.18. The molecule has 1 atom stereocenters. The van der Waals surface area contributed by atoms with E-state index in [1.165, 1.54) is 12.5 Å². The maximum Gasteiger partial charge on any atom is 0.280 e. The number of para-hydroxylation sites is 1. The summed E-state index contributed by atoms with van der Waals surface area (Å²) in [5.74, 6) is 0.749. The summed E-state index contributed by atoms with van der Waals surface area (Å²) in [4.78, 5) is 16.3. The molecule has 6 heteroatoms. The lowest BCUT2D eigenvalue weighted by Gasteiger charge is -2.14. The number of fused-ring (bicyclic) bond motifs is 1. The van der Waals surface area contributed by atoms with Gasteiger partial charge >= 0.3 is 0 Å². The van der Waals surface area contributed by atoms with Crippen molar-refractivity contribution in [3.63, 3.8) is 0 Å². The van der Waals surface area contributed by atoms with Crippen LogP contribution >= 0.6 is 0 Å². The Bertz CT molecular complexity index is 823. The number of rotatable bonds is 5. The van der Waals surface area contributed by atoms with Crippen molar-refractivity contribution in [2.24, 2.45) is 5.10 Å². The molecule has 1 amide bonds. The Hall–Kier alpha value is -3.15. The fraction of sp³-hybridized carbons (Fsp3) is 0.118. The quantitative estimate of drug-likeness (QED) is 0.581. The zero-order valence-electron chi connectivity index (χ0n) is 12.5. The topological polar surface area (TPSA) is 76.7 Å². The van der Waals surface area contributed by atoms with Crippen molar-refractivity contribution >= 4 is 23.0 Å². The molecule has 0 unspecified atom stereocenters. The summed E-state index contributed by atoms with van der Waals surface area (Å²) >= 11 is 0. The smallest absolute Gasteiger partial charge is 0.280 e.